The molecule has 1 aliphatic rings. The zero-order valence-electron chi connectivity index (χ0n) is 14.2. The number of urea groups is 1. The molecule has 3 rings (SSSR count). The van der Waals surface area contributed by atoms with Gasteiger partial charge in [0.05, 0.1) is 12.1 Å². The summed E-state index contributed by atoms with van der Waals surface area (Å²) in [7, 11) is 4.09. The molecule has 1 aliphatic heterocycles. The smallest absolute Gasteiger partial charge is 0.317 e. The summed E-state index contributed by atoms with van der Waals surface area (Å²) in [4.78, 5) is 20.9. The number of likely N-dealkylation sites (tertiary alicyclic amines) is 1. The van der Waals surface area contributed by atoms with E-state index in [1.165, 1.54) is 11.1 Å². The van der Waals surface area contributed by atoms with Crippen molar-refractivity contribution in [1.82, 2.24) is 20.1 Å². The molecular weight excluding hydrogens is 320 g/mol. The van der Waals surface area contributed by atoms with E-state index in [4.69, 9.17) is 0 Å². The van der Waals surface area contributed by atoms with Crippen molar-refractivity contribution in [3.8, 4) is 0 Å². The second kappa shape index (κ2) is 7.77. The summed E-state index contributed by atoms with van der Waals surface area (Å²) in [5.41, 5.74) is 2.41. The van der Waals surface area contributed by atoms with Crippen molar-refractivity contribution in [2.24, 2.45) is 0 Å². The highest BCUT2D eigenvalue weighted by atomic mass is 32.1. The zero-order chi connectivity index (χ0) is 16.9. The van der Waals surface area contributed by atoms with Crippen molar-refractivity contribution in [2.75, 3.05) is 27.2 Å². The number of pyridine rings is 1. The van der Waals surface area contributed by atoms with Gasteiger partial charge in [-0.05, 0) is 67.0 Å². The first-order valence-corrected chi connectivity index (χ1v) is 9.24. The monoisotopic (exact) mass is 344 g/mol. The second-order valence-electron chi connectivity index (χ2n) is 6.35. The van der Waals surface area contributed by atoms with Crippen LogP contribution in [-0.2, 0) is 0 Å². The van der Waals surface area contributed by atoms with Gasteiger partial charge in [-0.3, -0.25) is 4.98 Å². The van der Waals surface area contributed by atoms with E-state index < -0.39 is 0 Å². The summed E-state index contributed by atoms with van der Waals surface area (Å²) >= 11 is 1.69. The number of nitrogens with zero attached hydrogens (tertiary/aromatic N) is 3. The number of likely N-dealkylation sites (N-methyl/N-ethyl adjacent to an activating group) is 1. The molecule has 1 saturated heterocycles. The third-order valence-corrected chi connectivity index (χ3v) is 5.30. The molecule has 0 radical (unpaired) electrons. The maximum absolute atomic E-state index is 12.7. The Balaban J connectivity index is 1.64. The van der Waals surface area contributed by atoms with Crippen molar-refractivity contribution >= 4 is 17.4 Å². The number of thiophene rings is 1. The van der Waals surface area contributed by atoms with Crippen molar-refractivity contribution < 1.29 is 4.79 Å². The molecule has 2 atom stereocenters. The van der Waals surface area contributed by atoms with Gasteiger partial charge in [0.25, 0.3) is 0 Å². The van der Waals surface area contributed by atoms with Gasteiger partial charge in [-0.2, -0.15) is 11.3 Å². The fourth-order valence-electron chi connectivity index (χ4n) is 3.29. The minimum atomic E-state index is 0.0244. The van der Waals surface area contributed by atoms with Gasteiger partial charge in [-0.15, -0.1) is 0 Å². The lowest BCUT2D eigenvalue weighted by atomic mass is 10.1. The number of carbonyl (C=O) groups is 1. The summed E-state index contributed by atoms with van der Waals surface area (Å²) in [6.07, 6.45) is 5.64. The van der Waals surface area contributed by atoms with Gasteiger partial charge >= 0.3 is 6.03 Å². The van der Waals surface area contributed by atoms with Crippen LogP contribution in [0.15, 0.2) is 41.4 Å². The molecule has 0 spiro atoms. The van der Waals surface area contributed by atoms with Crippen LogP contribution in [0.2, 0.25) is 0 Å². The summed E-state index contributed by atoms with van der Waals surface area (Å²) in [6, 6.07) is 6.51. The number of hydrogen-bond acceptors (Lipinski definition) is 4. The Kier molecular flexibility index (Phi) is 5.48. The van der Waals surface area contributed by atoms with Crippen LogP contribution in [0.3, 0.4) is 0 Å². The number of amides is 2. The predicted octanol–water partition coefficient (Wildman–Crippen LogP) is 3.29. The van der Waals surface area contributed by atoms with Crippen molar-refractivity contribution in [1.29, 1.82) is 0 Å². The van der Waals surface area contributed by atoms with Crippen molar-refractivity contribution in [2.45, 2.75) is 24.9 Å². The average Bonchev–Trinajstić information content (AvgIpc) is 3.27. The van der Waals surface area contributed by atoms with E-state index in [2.05, 4.69) is 32.0 Å². The minimum Gasteiger partial charge on any atom is -0.336 e. The van der Waals surface area contributed by atoms with Crippen LogP contribution < -0.4 is 5.32 Å². The third kappa shape index (κ3) is 3.76. The van der Waals surface area contributed by atoms with Crippen LogP contribution >= 0.6 is 11.3 Å². The lowest BCUT2D eigenvalue weighted by Gasteiger charge is -2.28. The summed E-state index contributed by atoms with van der Waals surface area (Å²) in [5.74, 6) is 0. The van der Waals surface area contributed by atoms with Crippen LogP contribution in [0.4, 0.5) is 4.79 Å². The van der Waals surface area contributed by atoms with Crippen molar-refractivity contribution in [3.63, 3.8) is 0 Å². The average molecular weight is 344 g/mol. The first kappa shape index (κ1) is 16.9. The number of hydrogen-bond donors (Lipinski definition) is 1. The molecule has 128 valence electrons. The molecule has 24 heavy (non-hydrogen) atoms. The molecule has 3 heterocycles. The molecule has 0 aromatic carbocycles. The Hall–Kier alpha value is -1.92. The van der Waals surface area contributed by atoms with Gasteiger partial charge in [0, 0.05) is 25.5 Å². The van der Waals surface area contributed by atoms with Gasteiger partial charge in [0.15, 0.2) is 0 Å². The number of carbonyl (C=O) groups excluding carboxylic acids is 1. The number of nitrogens with one attached hydrogen (secondary N) is 1. The Bertz CT molecular complexity index is 644. The largest absolute Gasteiger partial charge is 0.336 e. The topological polar surface area (TPSA) is 48.5 Å². The quantitative estimate of drug-likeness (QED) is 0.905. The summed E-state index contributed by atoms with van der Waals surface area (Å²) in [5, 5.41) is 7.35. The first-order chi connectivity index (χ1) is 11.7. The lowest BCUT2D eigenvalue weighted by molar-refractivity contribution is 0.187. The Morgan fingerprint density at radius 2 is 2.21 bits per heavy atom. The Morgan fingerprint density at radius 3 is 2.88 bits per heavy atom. The van der Waals surface area contributed by atoms with Crippen LogP contribution in [0.25, 0.3) is 0 Å². The first-order valence-electron chi connectivity index (χ1n) is 8.29. The Morgan fingerprint density at radius 1 is 1.42 bits per heavy atom. The molecule has 2 aromatic heterocycles. The Labute approximate surface area is 147 Å². The lowest BCUT2D eigenvalue weighted by Crippen LogP contribution is -2.42. The van der Waals surface area contributed by atoms with E-state index in [1.807, 2.05) is 31.1 Å². The maximum Gasteiger partial charge on any atom is 0.317 e. The summed E-state index contributed by atoms with van der Waals surface area (Å²) < 4.78 is 0. The standard InChI is InChI=1S/C18H24N4OS/c1-21(2)17(15-7-11-24-13-15)12-20-18(23)22-10-3-4-16(22)14-5-8-19-9-6-14/h5-9,11,13,16-17H,3-4,10,12H2,1-2H3,(H,20,23)/t16-,17+/m1/s1. The number of rotatable bonds is 5. The van der Waals surface area contributed by atoms with Crippen LogP contribution in [0.1, 0.15) is 36.1 Å². The molecule has 0 unspecified atom stereocenters. The van der Waals surface area contributed by atoms with Gasteiger partial charge in [-0.25, -0.2) is 4.79 Å². The van der Waals surface area contributed by atoms with Gasteiger partial charge in [0.2, 0.25) is 0 Å². The van der Waals surface area contributed by atoms with E-state index >= 15 is 0 Å². The highest BCUT2D eigenvalue weighted by Gasteiger charge is 2.30. The number of aromatic nitrogens is 1. The third-order valence-electron chi connectivity index (χ3n) is 4.60. The molecule has 2 amide bonds. The molecule has 5 nitrogen and oxygen atoms in total. The van der Waals surface area contributed by atoms with E-state index in [0.717, 1.165) is 19.4 Å². The highest BCUT2D eigenvalue weighted by molar-refractivity contribution is 7.07. The maximum atomic E-state index is 12.7. The van der Waals surface area contributed by atoms with Gasteiger partial charge in [0.1, 0.15) is 0 Å². The molecule has 0 aliphatic carbocycles. The van der Waals surface area contributed by atoms with Crippen LogP contribution in [-0.4, -0.2) is 48.0 Å². The molecular formula is C18H24N4OS. The second-order valence-corrected chi connectivity index (χ2v) is 7.13. The van der Waals surface area contributed by atoms with Gasteiger partial charge in [-0.1, -0.05) is 0 Å². The fourth-order valence-corrected chi connectivity index (χ4v) is 4.00. The SMILES string of the molecule is CN(C)[C@@H](CNC(=O)N1CCC[C@@H]1c1ccncc1)c1ccsc1. The zero-order valence-corrected chi connectivity index (χ0v) is 15.0. The van der Waals surface area contributed by atoms with E-state index in [-0.39, 0.29) is 18.1 Å². The highest BCUT2D eigenvalue weighted by Crippen LogP contribution is 2.31. The molecule has 1 fully saturated rings. The van der Waals surface area contributed by atoms with E-state index in [0.29, 0.717) is 6.54 Å². The van der Waals surface area contributed by atoms with E-state index in [1.54, 1.807) is 23.7 Å². The van der Waals surface area contributed by atoms with Crippen LogP contribution in [0.5, 0.6) is 0 Å². The van der Waals surface area contributed by atoms with Crippen molar-refractivity contribution in [3.05, 3.63) is 52.5 Å². The molecule has 0 bridgehead atoms. The molecule has 1 N–H and O–H groups in total. The molecule has 0 saturated carbocycles. The fraction of sp³-hybridized carbons (Fsp3) is 0.444. The van der Waals surface area contributed by atoms with Crippen LogP contribution in [0, 0.1) is 0 Å². The van der Waals surface area contributed by atoms with Gasteiger partial charge < -0.3 is 15.1 Å². The summed E-state index contributed by atoms with van der Waals surface area (Å²) in [6.45, 7) is 1.42. The molecule has 6 heteroatoms. The normalized spacial score (nSPS) is 18.8. The minimum absolute atomic E-state index is 0.0244. The molecule has 2 aromatic rings. The van der Waals surface area contributed by atoms with E-state index in [9.17, 15) is 4.79 Å². The predicted molar refractivity (Wildman–Crippen MR) is 97.1 cm³/mol.